The number of nitrogens with zero attached hydrogens (tertiary/aromatic N) is 5. The second-order valence-corrected chi connectivity index (χ2v) is 3.02. The number of imidazole rings is 1. The summed E-state index contributed by atoms with van der Waals surface area (Å²) in [6, 6.07) is 5.88. The molecular weight excluding hydrogens is 178 g/mol. The lowest BCUT2D eigenvalue weighted by Crippen LogP contribution is -1.86. The molecule has 0 aliphatic heterocycles. The van der Waals surface area contributed by atoms with Crippen LogP contribution in [-0.2, 0) is 6.54 Å². The van der Waals surface area contributed by atoms with Gasteiger partial charge in [-0.15, -0.1) is 0 Å². The summed E-state index contributed by atoms with van der Waals surface area (Å²) in [6.45, 7) is 2.31. The Morgan fingerprint density at radius 2 is 2.43 bits per heavy atom. The summed E-state index contributed by atoms with van der Waals surface area (Å²) in [5.74, 6) is 0. The standard InChI is InChI=1S/C9H9N5/c1-7-3-2-4-9-12-8(5-11-13-10)6-14(7)9/h2-4,6H,5H2,1H3. The van der Waals surface area contributed by atoms with E-state index in [2.05, 4.69) is 15.0 Å². The minimum absolute atomic E-state index is 0.303. The van der Waals surface area contributed by atoms with E-state index in [1.165, 1.54) is 0 Å². The van der Waals surface area contributed by atoms with Gasteiger partial charge in [-0.25, -0.2) is 4.98 Å². The summed E-state index contributed by atoms with van der Waals surface area (Å²) in [7, 11) is 0. The number of aryl methyl sites for hydroxylation is 1. The van der Waals surface area contributed by atoms with Crippen LogP contribution in [0.25, 0.3) is 16.1 Å². The quantitative estimate of drug-likeness (QED) is 0.404. The van der Waals surface area contributed by atoms with Crippen LogP contribution >= 0.6 is 0 Å². The molecule has 0 saturated carbocycles. The van der Waals surface area contributed by atoms with Gasteiger partial charge in [0.1, 0.15) is 5.65 Å². The predicted molar refractivity (Wildman–Crippen MR) is 52.8 cm³/mol. The van der Waals surface area contributed by atoms with Crippen molar-refractivity contribution in [2.24, 2.45) is 5.11 Å². The van der Waals surface area contributed by atoms with Crippen molar-refractivity contribution < 1.29 is 0 Å². The molecule has 70 valence electrons. The van der Waals surface area contributed by atoms with E-state index in [0.29, 0.717) is 6.54 Å². The van der Waals surface area contributed by atoms with Crippen molar-refractivity contribution in [2.75, 3.05) is 0 Å². The summed E-state index contributed by atoms with van der Waals surface area (Å²) in [6.07, 6.45) is 1.89. The first-order valence-electron chi connectivity index (χ1n) is 4.26. The Labute approximate surface area is 80.6 Å². The molecule has 5 nitrogen and oxygen atoms in total. The second kappa shape index (κ2) is 3.40. The minimum atomic E-state index is 0.303. The lowest BCUT2D eigenvalue weighted by Gasteiger charge is -1.95. The maximum atomic E-state index is 8.18. The molecule has 0 aliphatic rings. The van der Waals surface area contributed by atoms with Crippen LogP contribution in [0.4, 0.5) is 0 Å². The Balaban J connectivity index is 2.51. The van der Waals surface area contributed by atoms with Gasteiger partial charge in [0.15, 0.2) is 0 Å². The fourth-order valence-corrected chi connectivity index (χ4v) is 1.38. The zero-order valence-electron chi connectivity index (χ0n) is 7.75. The van der Waals surface area contributed by atoms with E-state index in [1.807, 2.05) is 35.7 Å². The van der Waals surface area contributed by atoms with Crippen molar-refractivity contribution in [3.63, 3.8) is 0 Å². The average Bonchev–Trinajstić information content (AvgIpc) is 2.59. The molecule has 2 aromatic rings. The number of azide groups is 1. The van der Waals surface area contributed by atoms with E-state index in [9.17, 15) is 0 Å². The van der Waals surface area contributed by atoms with Crippen molar-refractivity contribution in [3.8, 4) is 0 Å². The minimum Gasteiger partial charge on any atom is -0.304 e. The zero-order chi connectivity index (χ0) is 9.97. The third kappa shape index (κ3) is 1.41. The largest absolute Gasteiger partial charge is 0.304 e. The van der Waals surface area contributed by atoms with Crippen LogP contribution in [0.5, 0.6) is 0 Å². The molecule has 2 aromatic heterocycles. The van der Waals surface area contributed by atoms with Crippen molar-refractivity contribution >= 4 is 5.65 Å². The van der Waals surface area contributed by atoms with Gasteiger partial charge in [0.05, 0.1) is 12.2 Å². The number of hydrogen-bond donors (Lipinski definition) is 0. The Morgan fingerprint density at radius 1 is 1.57 bits per heavy atom. The Morgan fingerprint density at radius 3 is 3.14 bits per heavy atom. The molecule has 0 unspecified atom stereocenters. The molecule has 2 heterocycles. The normalized spacial score (nSPS) is 10.1. The molecular formula is C9H9N5. The summed E-state index contributed by atoms with van der Waals surface area (Å²) in [5.41, 5.74) is 11.0. The van der Waals surface area contributed by atoms with Crippen LogP contribution in [0.15, 0.2) is 29.5 Å². The van der Waals surface area contributed by atoms with E-state index < -0.39 is 0 Å². The van der Waals surface area contributed by atoms with Gasteiger partial charge in [-0.05, 0) is 24.6 Å². The van der Waals surface area contributed by atoms with Crippen LogP contribution in [-0.4, -0.2) is 9.38 Å². The van der Waals surface area contributed by atoms with Gasteiger partial charge in [0.2, 0.25) is 0 Å². The fourth-order valence-electron chi connectivity index (χ4n) is 1.38. The van der Waals surface area contributed by atoms with Gasteiger partial charge in [-0.3, -0.25) is 0 Å². The number of aromatic nitrogens is 2. The van der Waals surface area contributed by atoms with Crippen molar-refractivity contribution in [3.05, 3.63) is 46.2 Å². The Kier molecular flexibility index (Phi) is 2.08. The van der Waals surface area contributed by atoms with Gasteiger partial charge < -0.3 is 4.40 Å². The highest BCUT2D eigenvalue weighted by Crippen LogP contribution is 2.08. The van der Waals surface area contributed by atoms with Crippen LogP contribution in [0.3, 0.4) is 0 Å². The number of pyridine rings is 1. The molecule has 0 aromatic carbocycles. The summed E-state index contributed by atoms with van der Waals surface area (Å²) in [5, 5.41) is 3.47. The average molecular weight is 187 g/mol. The van der Waals surface area contributed by atoms with Gasteiger partial charge in [-0.2, -0.15) is 0 Å². The molecule has 14 heavy (non-hydrogen) atoms. The molecule has 0 saturated heterocycles. The van der Waals surface area contributed by atoms with Gasteiger partial charge >= 0.3 is 0 Å². The van der Waals surface area contributed by atoms with Crippen molar-refractivity contribution in [1.29, 1.82) is 0 Å². The highest BCUT2D eigenvalue weighted by atomic mass is 15.1. The first-order valence-corrected chi connectivity index (χ1v) is 4.26. The number of hydrogen-bond acceptors (Lipinski definition) is 2. The smallest absolute Gasteiger partial charge is 0.137 e. The lowest BCUT2D eigenvalue weighted by atomic mass is 10.4. The fraction of sp³-hybridized carbons (Fsp3) is 0.222. The SMILES string of the molecule is Cc1cccc2nc(CN=[N+]=[N-])cn12. The number of fused-ring (bicyclic) bond motifs is 1. The number of rotatable bonds is 2. The monoisotopic (exact) mass is 187 g/mol. The highest BCUT2D eigenvalue weighted by Gasteiger charge is 2.00. The Bertz CT molecular complexity index is 507. The molecule has 2 rings (SSSR count). The molecule has 0 radical (unpaired) electrons. The first kappa shape index (κ1) is 8.59. The Hall–Kier alpha value is -2.00. The maximum absolute atomic E-state index is 8.18. The molecule has 0 atom stereocenters. The molecule has 0 N–H and O–H groups in total. The molecule has 0 bridgehead atoms. The topological polar surface area (TPSA) is 66.1 Å². The van der Waals surface area contributed by atoms with Crippen molar-refractivity contribution in [2.45, 2.75) is 13.5 Å². The summed E-state index contributed by atoms with van der Waals surface area (Å²) >= 11 is 0. The molecule has 0 aliphatic carbocycles. The molecule has 5 heteroatoms. The third-order valence-corrected chi connectivity index (χ3v) is 2.04. The van der Waals surface area contributed by atoms with E-state index in [4.69, 9.17) is 5.53 Å². The molecule has 0 fully saturated rings. The maximum Gasteiger partial charge on any atom is 0.137 e. The van der Waals surface area contributed by atoms with Crippen LogP contribution < -0.4 is 0 Å². The highest BCUT2D eigenvalue weighted by molar-refractivity contribution is 5.41. The van der Waals surface area contributed by atoms with Crippen molar-refractivity contribution in [1.82, 2.24) is 9.38 Å². The lowest BCUT2D eigenvalue weighted by molar-refractivity contribution is 0.995. The van der Waals surface area contributed by atoms with Gasteiger partial charge in [-0.1, -0.05) is 11.2 Å². The van der Waals surface area contributed by atoms with Gasteiger partial charge in [0, 0.05) is 16.8 Å². The third-order valence-electron chi connectivity index (χ3n) is 2.04. The first-order chi connectivity index (χ1) is 6.81. The van der Waals surface area contributed by atoms with E-state index >= 15 is 0 Å². The van der Waals surface area contributed by atoms with Crippen LogP contribution in [0.2, 0.25) is 0 Å². The van der Waals surface area contributed by atoms with E-state index in [-0.39, 0.29) is 0 Å². The second-order valence-electron chi connectivity index (χ2n) is 3.02. The van der Waals surface area contributed by atoms with E-state index in [0.717, 1.165) is 17.0 Å². The predicted octanol–water partition coefficient (Wildman–Crippen LogP) is 2.45. The summed E-state index contributed by atoms with van der Waals surface area (Å²) < 4.78 is 1.97. The zero-order valence-corrected chi connectivity index (χ0v) is 7.75. The molecule has 0 spiro atoms. The molecule has 0 amide bonds. The van der Waals surface area contributed by atoms with Gasteiger partial charge in [0.25, 0.3) is 0 Å². The van der Waals surface area contributed by atoms with Crippen LogP contribution in [0.1, 0.15) is 11.4 Å². The van der Waals surface area contributed by atoms with Crippen LogP contribution in [0, 0.1) is 6.92 Å². The summed E-state index contributed by atoms with van der Waals surface area (Å²) in [4.78, 5) is 7.01. The van der Waals surface area contributed by atoms with E-state index in [1.54, 1.807) is 0 Å².